The summed E-state index contributed by atoms with van der Waals surface area (Å²) in [5, 5.41) is 2.20. The van der Waals surface area contributed by atoms with E-state index < -0.39 is 0 Å². The molecule has 0 radical (unpaired) electrons. The van der Waals surface area contributed by atoms with E-state index in [0.717, 1.165) is 22.3 Å². The average molecular weight is 216 g/mol. The van der Waals surface area contributed by atoms with Gasteiger partial charge in [0.25, 0.3) is 0 Å². The number of benzene rings is 2. The Kier molecular flexibility index (Phi) is 2.73. The number of aryl methyl sites for hydroxylation is 2. The molecular weight excluding hydrogens is 200 g/mol. The minimum atomic E-state index is 0.888. The second-order valence-corrected chi connectivity index (χ2v) is 3.95. The number of hydrogen-bond donors (Lipinski definition) is 0. The van der Waals surface area contributed by atoms with Gasteiger partial charge in [0.1, 0.15) is 11.5 Å². The van der Waals surface area contributed by atoms with Crippen LogP contribution in [0.5, 0.6) is 11.5 Å². The van der Waals surface area contributed by atoms with Crippen molar-refractivity contribution in [3.63, 3.8) is 0 Å². The van der Waals surface area contributed by atoms with E-state index in [1.807, 2.05) is 12.1 Å². The summed E-state index contributed by atoms with van der Waals surface area (Å²) in [6.07, 6.45) is 0. The van der Waals surface area contributed by atoms with Crippen molar-refractivity contribution in [3.8, 4) is 11.5 Å². The van der Waals surface area contributed by atoms with Gasteiger partial charge in [-0.15, -0.1) is 0 Å². The largest absolute Gasteiger partial charge is 0.496 e. The minimum absolute atomic E-state index is 0.888. The normalized spacial score (nSPS) is 10.5. The lowest BCUT2D eigenvalue weighted by molar-refractivity contribution is 0.410. The number of hydrogen-bond acceptors (Lipinski definition) is 2. The molecule has 0 spiro atoms. The third-order valence-corrected chi connectivity index (χ3v) is 2.99. The minimum Gasteiger partial charge on any atom is -0.496 e. The first-order chi connectivity index (χ1) is 7.67. The van der Waals surface area contributed by atoms with Crippen LogP contribution in [0, 0.1) is 13.8 Å². The number of fused-ring (bicyclic) bond motifs is 1. The van der Waals surface area contributed by atoms with Crippen molar-refractivity contribution in [2.75, 3.05) is 14.2 Å². The van der Waals surface area contributed by atoms with Gasteiger partial charge in [0.15, 0.2) is 0 Å². The molecule has 0 atom stereocenters. The van der Waals surface area contributed by atoms with E-state index in [2.05, 4.69) is 26.0 Å². The van der Waals surface area contributed by atoms with E-state index in [1.54, 1.807) is 14.2 Å². The van der Waals surface area contributed by atoms with E-state index in [1.165, 1.54) is 11.1 Å². The van der Waals surface area contributed by atoms with Gasteiger partial charge in [-0.1, -0.05) is 0 Å². The Morgan fingerprint density at radius 2 is 1.12 bits per heavy atom. The standard InChI is InChI=1S/C14H16O2/c1-9-7-11-12(8-10(9)2)14(16-4)6-5-13(11)15-3/h5-8H,1-4H3. The van der Waals surface area contributed by atoms with E-state index in [0.29, 0.717) is 0 Å². The highest BCUT2D eigenvalue weighted by Gasteiger charge is 2.08. The molecule has 0 aliphatic heterocycles. The molecule has 0 saturated carbocycles. The van der Waals surface area contributed by atoms with Gasteiger partial charge in [-0.2, -0.15) is 0 Å². The Hall–Kier alpha value is -1.70. The second kappa shape index (κ2) is 4.05. The van der Waals surface area contributed by atoms with Crippen LogP contribution in [0.2, 0.25) is 0 Å². The van der Waals surface area contributed by atoms with Gasteiger partial charge in [-0.3, -0.25) is 0 Å². The van der Waals surface area contributed by atoms with Gasteiger partial charge in [0, 0.05) is 10.8 Å². The Morgan fingerprint density at radius 3 is 1.44 bits per heavy atom. The highest BCUT2D eigenvalue weighted by Crippen LogP contribution is 2.34. The van der Waals surface area contributed by atoms with Crippen LogP contribution in [0.3, 0.4) is 0 Å². The monoisotopic (exact) mass is 216 g/mol. The zero-order valence-corrected chi connectivity index (χ0v) is 10.1. The lowest BCUT2D eigenvalue weighted by Crippen LogP contribution is -1.91. The summed E-state index contributed by atoms with van der Waals surface area (Å²) < 4.78 is 10.7. The van der Waals surface area contributed by atoms with Crippen LogP contribution in [-0.4, -0.2) is 14.2 Å². The van der Waals surface area contributed by atoms with Gasteiger partial charge in [-0.05, 0) is 49.2 Å². The molecule has 2 aromatic rings. The van der Waals surface area contributed by atoms with Crippen molar-refractivity contribution in [1.29, 1.82) is 0 Å². The summed E-state index contributed by atoms with van der Waals surface area (Å²) in [6.45, 7) is 4.21. The lowest BCUT2D eigenvalue weighted by atomic mass is 10.0. The summed E-state index contributed by atoms with van der Waals surface area (Å²) in [6, 6.07) is 8.17. The van der Waals surface area contributed by atoms with Crippen molar-refractivity contribution in [3.05, 3.63) is 35.4 Å². The Morgan fingerprint density at radius 1 is 0.750 bits per heavy atom. The Balaban J connectivity index is 2.85. The molecule has 0 amide bonds. The number of methoxy groups -OCH3 is 2. The topological polar surface area (TPSA) is 18.5 Å². The van der Waals surface area contributed by atoms with Crippen molar-refractivity contribution < 1.29 is 9.47 Å². The molecule has 0 heterocycles. The summed E-state index contributed by atoms with van der Waals surface area (Å²) >= 11 is 0. The van der Waals surface area contributed by atoms with Crippen molar-refractivity contribution >= 4 is 10.8 Å². The highest BCUT2D eigenvalue weighted by molar-refractivity contribution is 5.94. The first-order valence-corrected chi connectivity index (χ1v) is 5.29. The molecule has 84 valence electrons. The lowest BCUT2D eigenvalue weighted by Gasteiger charge is -2.11. The van der Waals surface area contributed by atoms with Crippen LogP contribution in [0.25, 0.3) is 10.8 Å². The molecule has 2 aromatic carbocycles. The molecule has 0 aromatic heterocycles. The third kappa shape index (κ3) is 1.60. The van der Waals surface area contributed by atoms with E-state index in [4.69, 9.17) is 9.47 Å². The summed E-state index contributed by atoms with van der Waals surface area (Å²) in [7, 11) is 3.38. The number of rotatable bonds is 2. The first-order valence-electron chi connectivity index (χ1n) is 5.29. The van der Waals surface area contributed by atoms with E-state index in [-0.39, 0.29) is 0 Å². The third-order valence-electron chi connectivity index (χ3n) is 2.99. The maximum absolute atomic E-state index is 5.37. The summed E-state index contributed by atoms with van der Waals surface area (Å²) in [5.74, 6) is 1.78. The molecule has 2 heteroatoms. The van der Waals surface area contributed by atoms with Gasteiger partial charge < -0.3 is 9.47 Å². The van der Waals surface area contributed by atoms with Gasteiger partial charge in [-0.25, -0.2) is 0 Å². The first kappa shape index (κ1) is 10.8. The number of ether oxygens (including phenoxy) is 2. The fraction of sp³-hybridized carbons (Fsp3) is 0.286. The van der Waals surface area contributed by atoms with Crippen molar-refractivity contribution in [1.82, 2.24) is 0 Å². The highest BCUT2D eigenvalue weighted by atomic mass is 16.5. The molecule has 2 nitrogen and oxygen atoms in total. The molecule has 2 rings (SSSR count). The van der Waals surface area contributed by atoms with Gasteiger partial charge >= 0.3 is 0 Å². The molecule has 16 heavy (non-hydrogen) atoms. The predicted molar refractivity (Wildman–Crippen MR) is 66.5 cm³/mol. The predicted octanol–water partition coefficient (Wildman–Crippen LogP) is 3.47. The van der Waals surface area contributed by atoms with Crippen LogP contribution >= 0.6 is 0 Å². The van der Waals surface area contributed by atoms with E-state index >= 15 is 0 Å². The maximum atomic E-state index is 5.37. The van der Waals surface area contributed by atoms with Crippen LogP contribution in [0.15, 0.2) is 24.3 Å². The fourth-order valence-corrected chi connectivity index (χ4v) is 1.91. The zero-order chi connectivity index (χ0) is 11.7. The molecular formula is C14H16O2. The van der Waals surface area contributed by atoms with Gasteiger partial charge in [0.2, 0.25) is 0 Å². The van der Waals surface area contributed by atoms with Crippen LogP contribution in [-0.2, 0) is 0 Å². The van der Waals surface area contributed by atoms with Crippen LogP contribution in [0.1, 0.15) is 11.1 Å². The van der Waals surface area contributed by atoms with Crippen molar-refractivity contribution in [2.45, 2.75) is 13.8 Å². The molecule has 0 aliphatic rings. The zero-order valence-electron chi connectivity index (χ0n) is 10.1. The van der Waals surface area contributed by atoms with Crippen molar-refractivity contribution in [2.24, 2.45) is 0 Å². The molecule has 0 unspecified atom stereocenters. The SMILES string of the molecule is COc1ccc(OC)c2cc(C)c(C)cc12. The molecule has 0 fully saturated rings. The maximum Gasteiger partial charge on any atom is 0.126 e. The summed E-state index contributed by atoms with van der Waals surface area (Å²) in [4.78, 5) is 0. The molecule has 0 N–H and O–H groups in total. The van der Waals surface area contributed by atoms with Gasteiger partial charge in [0.05, 0.1) is 14.2 Å². The Labute approximate surface area is 95.8 Å². The molecule has 0 saturated heterocycles. The van der Waals surface area contributed by atoms with Crippen LogP contribution in [0.4, 0.5) is 0 Å². The smallest absolute Gasteiger partial charge is 0.126 e. The Bertz CT molecular complexity index is 481. The average Bonchev–Trinajstić information content (AvgIpc) is 2.29. The fourth-order valence-electron chi connectivity index (χ4n) is 1.91. The second-order valence-electron chi connectivity index (χ2n) is 3.95. The molecule has 0 bridgehead atoms. The van der Waals surface area contributed by atoms with Crippen LogP contribution < -0.4 is 9.47 Å². The summed E-state index contributed by atoms with van der Waals surface area (Å²) in [5.41, 5.74) is 2.53. The quantitative estimate of drug-likeness (QED) is 0.765. The van der Waals surface area contributed by atoms with E-state index in [9.17, 15) is 0 Å². The molecule has 0 aliphatic carbocycles.